The summed E-state index contributed by atoms with van der Waals surface area (Å²) in [4.78, 5) is 11.8. The molecule has 4 aromatic rings. The van der Waals surface area contributed by atoms with Crippen LogP contribution in [-0.2, 0) is 6.42 Å². The monoisotopic (exact) mass is 302 g/mol. The highest BCUT2D eigenvalue weighted by Gasteiger charge is 2.10. The largest absolute Gasteiger partial charge is 0.461 e. The first kappa shape index (κ1) is 13.5. The molecule has 0 saturated carbocycles. The molecule has 0 bridgehead atoms. The number of H-pyrrole nitrogens is 1. The Morgan fingerprint density at radius 1 is 0.870 bits per heavy atom. The highest BCUT2D eigenvalue weighted by molar-refractivity contribution is 5.83. The highest BCUT2D eigenvalue weighted by Crippen LogP contribution is 2.24. The Hall–Kier alpha value is -3.14. The Morgan fingerprint density at radius 3 is 2.43 bits per heavy atom. The van der Waals surface area contributed by atoms with Crippen LogP contribution in [0.15, 0.2) is 75.9 Å². The van der Waals surface area contributed by atoms with Gasteiger partial charge < -0.3 is 4.42 Å². The van der Waals surface area contributed by atoms with Gasteiger partial charge in [-0.15, -0.1) is 0 Å². The number of rotatable bonds is 3. The summed E-state index contributed by atoms with van der Waals surface area (Å²) in [6, 6.07) is 21.3. The maximum Gasteiger partial charge on any atom is 0.272 e. The van der Waals surface area contributed by atoms with E-state index in [2.05, 4.69) is 10.2 Å². The SMILES string of the molecule is O=c1[nH]nc(Cc2ccc(-c3ccccc3)o2)c2ccccc12. The smallest absolute Gasteiger partial charge is 0.272 e. The maximum absolute atomic E-state index is 11.8. The lowest BCUT2D eigenvalue weighted by Gasteiger charge is -2.03. The first-order valence-electron chi connectivity index (χ1n) is 7.42. The van der Waals surface area contributed by atoms with E-state index in [0.29, 0.717) is 11.8 Å². The molecule has 1 N–H and O–H groups in total. The molecule has 2 aromatic heterocycles. The number of benzene rings is 2. The molecule has 4 nitrogen and oxygen atoms in total. The molecule has 0 radical (unpaired) electrons. The van der Waals surface area contributed by atoms with E-state index in [4.69, 9.17) is 4.42 Å². The van der Waals surface area contributed by atoms with Gasteiger partial charge in [-0.2, -0.15) is 5.10 Å². The second-order valence-corrected chi connectivity index (χ2v) is 5.35. The Morgan fingerprint density at radius 2 is 1.61 bits per heavy atom. The first-order chi connectivity index (χ1) is 11.3. The standard InChI is InChI=1S/C19H14N2O2/c22-19-16-9-5-4-8-15(16)17(20-21-19)12-14-10-11-18(23-14)13-6-2-1-3-7-13/h1-11H,12H2,(H,21,22). The Bertz CT molecular complexity index is 1020. The number of aromatic nitrogens is 2. The summed E-state index contributed by atoms with van der Waals surface area (Å²) in [5.74, 6) is 1.64. The molecule has 0 unspecified atom stereocenters. The first-order valence-corrected chi connectivity index (χ1v) is 7.42. The normalized spacial score (nSPS) is 11.0. The molecule has 0 atom stereocenters. The van der Waals surface area contributed by atoms with Crippen LogP contribution in [0.5, 0.6) is 0 Å². The van der Waals surface area contributed by atoms with E-state index in [1.807, 2.05) is 60.7 Å². The van der Waals surface area contributed by atoms with Crippen molar-refractivity contribution < 1.29 is 4.42 Å². The molecular weight excluding hydrogens is 288 g/mol. The predicted molar refractivity (Wildman–Crippen MR) is 89.3 cm³/mol. The molecule has 0 aliphatic rings. The van der Waals surface area contributed by atoms with Gasteiger partial charge in [0.05, 0.1) is 17.5 Å². The van der Waals surface area contributed by atoms with Gasteiger partial charge >= 0.3 is 0 Å². The lowest BCUT2D eigenvalue weighted by molar-refractivity contribution is 0.532. The Kier molecular flexibility index (Phi) is 3.27. The second kappa shape index (κ2) is 5.57. The number of fused-ring (bicyclic) bond motifs is 1. The van der Waals surface area contributed by atoms with E-state index >= 15 is 0 Å². The maximum atomic E-state index is 11.8. The van der Waals surface area contributed by atoms with Crippen LogP contribution in [0.2, 0.25) is 0 Å². The summed E-state index contributed by atoms with van der Waals surface area (Å²) in [5, 5.41) is 8.24. The fraction of sp³-hybridized carbons (Fsp3) is 0.0526. The fourth-order valence-corrected chi connectivity index (χ4v) is 2.70. The van der Waals surface area contributed by atoms with E-state index in [9.17, 15) is 4.79 Å². The van der Waals surface area contributed by atoms with Crippen molar-refractivity contribution in [2.45, 2.75) is 6.42 Å². The summed E-state index contributed by atoms with van der Waals surface area (Å²) >= 11 is 0. The highest BCUT2D eigenvalue weighted by atomic mass is 16.3. The molecule has 112 valence electrons. The molecule has 2 aromatic carbocycles. The molecular formula is C19H14N2O2. The minimum atomic E-state index is -0.172. The van der Waals surface area contributed by atoms with Gasteiger partial charge in [-0.05, 0) is 18.2 Å². The number of hydrogen-bond acceptors (Lipinski definition) is 3. The molecule has 0 aliphatic carbocycles. The van der Waals surface area contributed by atoms with Gasteiger partial charge in [-0.1, -0.05) is 48.5 Å². The second-order valence-electron chi connectivity index (χ2n) is 5.35. The summed E-state index contributed by atoms with van der Waals surface area (Å²) in [6.45, 7) is 0. The third kappa shape index (κ3) is 2.55. The van der Waals surface area contributed by atoms with Crippen LogP contribution in [0.3, 0.4) is 0 Å². The molecule has 2 heterocycles. The predicted octanol–water partition coefficient (Wildman–Crippen LogP) is 3.77. The van der Waals surface area contributed by atoms with Gasteiger partial charge in [0, 0.05) is 10.9 Å². The minimum Gasteiger partial charge on any atom is -0.461 e. The van der Waals surface area contributed by atoms with Crippen molar-refractivity contribution in [1.82, 2.24) is 10.2 Å². The average molecular weight is 302 g/mol. The summed E-state index contributed by atoms with van der Waals surface area (Å²) in [5.41, 5.74) is 1.67. The number of furan rings is 1. The molecule has 4 rings (SSSR count). The molecule has 0 spiro atoms. The van der Waals surface area contributed by atoms with Crippen molar-refractivity contribution in [3.63, 3.8) is 0 Å². The van der Waals surface area contributed by atoms with Gasteiger partial charge in [0.2, 0.25) is 0 Å². The summed E-state index contributed by atoms with van der Waals surface area (Å²) in [6.07, 6.45) is 0.532. The molecule has 23 heavy (non-hydrogen) atoms. The van der Waals surface area contributed by atoms with Gasteiger partial charge in [-0.25, -0.2) is 5.10 Å². The van der Waals surface area contributed by atoms with E-state index in [0.717, 1.165) is 28.2 Å². The van der Waals surface area contributed by atoms with E-state index in [1.165, 1.54) is 0 Å². The van der Waals surface area contributed by atoms with Crippen LogP contribution < -0.4 is 5.56 Å². The van der Waals surface area contributed by atoms with Crippen molar-refractivity contribution in [2.24, 2.45) is 0 Å². The van der Waals surface area contributed by atoms with Crippen LogP contribution >= 0.6 is 0 Å². The Labute approximate surface area is 132 Å². The lowest BCUT2D eigenvalue weighted by Crippen LogP contribution is -2.11. The average Bonchev–Trinajstić information content (AvgIpc) is 3.07. The number of nitrogens with one attached hydrogen (secondary N) is 1. The van der Waals surface area contributed by atoms with Crippen molar-refractivity contribution in [2.75, 3.05) is 0 Å². The number of aromatic amines is 1. The van der Waals surface area contributed by atoms with Crippen molar-refractivity contribution in [3.8, 4) is 11.3 Å². The molecule has 0 amide bonds. The fourth-order valence-electron chi connectivity index (χ4n) is 2.70. The quantitative estimate of drug-likeness (QED) is 0.626. The van der Waals surface area contributed by atoms with Crippen LogP contribution in [-0.4, -0.2) is 10.2 Å². The van der Waals surface area contributed by atoms with Gasteiger partial charge in [0.25, 0.3) is 5.56 Å². The van der Waals surface area contributed by atoms with E-state index < -0.39 is 0 Å². The zero-order valence-corrected chi connectivity index (χ0v) is 12.3. The topological polar surface area (TPSA) is 58.9 Å². The lowest BCUT2D eigenvalue weighted by atomic mass is 10.1. The third-order valence-corrected chi connectivity index (χ3v) is 3.84. The van der Waals surface area contributed by atoms with Crippen molar-refractivity contribution in [3.05, 3.63) is 88.5 Å². The Balaban J connectivity index is 1.71. The van der Waals surface area contributed by atoms with Gasteiger partial charge in [0.15, 0.2) is 0 Å². The van der Waals surface area contributed by atoms with Gasteiger partial charge in [-0.3, -0.25) is 4.79 Å². The summed E-state index contributed by atoms with van der Waals surface area (Å²) in [7, 11) is 0. The van der Waals surface area contributed by atoms with Crippen molar-refractivity contribution >= 4 is 10.8 Å². The zero-order valence-electron chi connectivity index (χ0n) is 12.3. The van der Waals surface area contributed by atoms with Crippen LogP contribution in [0.1, 0.15) is 11.5 Å². The van der Waals surface area contributed by atoms with Crippen LogP contribution in [0, 0.1) is 0 Å². The molecule has 0 fully saturated rings. The minimum absolute atomic E-state index is 0.172. The molecule has 0 aliphatic heterocycles. The van der Waals surface area contributed by atoms with Crippen LogP contribution in [0.4, 0.5) is 0 Å². The van der Waals surface area contributed by atoms with Crippen molar-refractivity contribution in [1.29, 1.82) is 0 Å². The van der Waals surface area contributed by atoms with Gasteiger partial charge in [0.1, 0.15) is 11.5 Å². The van der Waals surface area contributed by atoms with Crippen LogP contribution in [0.25, 0.3) is 22.1 Å². The summed E-state index contributed by atoms with van der Waals surface area (Å²) < 4.78 is 5.92. The van der Waals surface area contributed by atoms with E-state index in [-0.39, 0.29) is 5.56 Å². The number of hydrogen-bond donors (Lipinski definition) is 1. The third-order valence-electron chi connectivity index (χ3n) is 3.84. The zero-order chi connectivity index (χ0) is 15.6. The number of nitrogens with zero attached hydrogens (tertiary/aromatic N) is 1. The molecule has 4 heteroatoms. The molecule has 0 saturated heterocycles. The van der Waals surface area contributed by atoms with E-state index in [1.54, 1.807) is 6.07 Å².